The van der Waals surface area contributed by atoms with Crippen molar-refractivity contribution in [3.63, 3.8) is 0 Å². The maximum absolute atomic E-state index is 13.9. The maximum atomic E-state index is 13.9. The summed E-state index contributed by atoms with van der Waals surface area (Å²) in [6.45, 7) is 0.172. The number of aliphatic hydroxyl groups excluding tert-OH is 2. The summed E-state index contributed by atoms with van der Waals surface area (Å²) < 4.78 is 18.4. The third-order valence-electron chi connectivity index (χ3n) is 3.12. The van der Waals surface area contributed by atoms with Gasteiger partial charge in [-0.1, -0.05) is 0 Å². The van der Waals surface area contributed by atoms with E-state index in [4.69, 9.17) is 5.73 Å². The van der Waals surface area contributed by atoms with Crippen molar-refractivity contribution in [2.45, 2.75) is 12.2 Å². The van der Waals surface area contributed by atoms with Gasteiger partial charge in [0.1, 0.15) is 5.82 Å². The number of halogens is 1. The largest absolute Gasteiger partial charge is 0.465 e. The number of nitrogen functional groups attached to an aromatic ring is 1. The number of anilines is 2. The molecule has 0 radical (unpaired) electrons. The highest BCUT2D eigenvalue weighted by atomic mass is 19.1. The van der Waals surface area contributed by atoms with Crippen LogP contribution in [-0.2, 0) is 4.74 Å². The minimum atomic E-state index is -0.946. The van der Waals surface area contributed by atoms with Gasteiger partial charge < -0.3 is 25.6 Å². The van der Waals surface area contributed by atoms with E-state index in [2.05, 4.69) is 4.74 Å². The molecule has 1 fully saturated rings. The van der Waals surface area contributed by atoms with Crippen molar-refractivity contribution in [3.05, 3.63) is 23.5 Å². The Bertz CT molecular complexity index is 499. The first-order chi connectivity index (χ1) is 8.93. The summed E-state index contributed by atoms with van der Waals surface area (Å²) in [4.78, 5) is 13.0. The molecule has 1 aliphatic rings. The quantitative estimate of drug-likeness (QED) is 0.506. The van der Waals surface area contributed by atoms with Gasteiger partial charge in [-0.05, 0) is 12.1 Å². The highest BCUT2D eigenvalue weighted by molar-refractivity contribution is 5.96. The van der Waals surface area contributed by atoms with Crippen LogP contribution in [0.15, 0.2) is 12.1 Å². The number of hydrogen-bond acceptors (Lipinski definition) is 6. The minimum absolute atomic E-state index is 0.0200. The number of carbonyl (C=O) groups excluding carboxylic acids is 1. The zero-order chi connectivity index (χ0) is 14.2. The van der Waals surface area contributed by atoms with Crippen molar-refractivity contribution in [1.29, 1.82) is 0 Å². The molecule has 0 aromatic heterocycles. The lowest BCUT2D eigenvalue weighted by Crippen LogP contribution is -2.23. The number of aliphatic hydroxyl groups is 2. The summed E-state index contributed by atoms with van der Waals surface area (Å²) >= 11 is 0. The van der Waals surface area contributed by atoms with E-state index in [0.29, 0.717) is 0 Å². The molecular formula is C12H15FN2O4. The molecule has 1 aromatic carbocycles. The normalized spacial score (nSPS) is 22.6. The Balaban J connectivity index is 2.38. The molecule has 0 amide bonds. The molecule has 2 atom stereocenters. The zero-order valence-electron chi connectivity index (χ0n) is 10.3. The molecule has 0 spiro atoms. The van der Waals surface area contributed by atoms with Crippen LogP contribution >= 0.6 is 0 Å². The predicted octanol–water partition coefficient (Wildman–Crippen LogP) is -0.264. The SMILES string of the molecule is COC(=O)c1cc(N2CC(O)C(O)C2)c(F)cc1N. The van der Waals surface area contributed by atoms with Gasteiger partial charge in [-0.2, -0.15) is 0 Å². The average molecular weight is 270 g/mol. The fourth-order valence-corrected chi connectivity index (χ4v) is 2.07. The van der Waals surface area contributed by atoms with Gasteiger partial charge in [0, 0.05) is 18.8 Å². The smallest absolute Gasteiger partial charge is 0.340 e. The molecule has 0 aliphatic carbocycles. The van der Waals surface area contributed by atoms with Crippen molar-refractivity contribution < 1.29 is 24.1 Å². The van der Waals surface area contributed by atoms with Crippen molar-refractivity contribution in [2.24, 2.45) is 0 Å². The van der Waals surface area contributed by atoms with Gasteiger partial charge in [-0.25, -0.2) is 9.18 Å². The highest BCUT2D eigenvalue weighted by Crippen LogP contribution is 2.28. The Kier molecular flexibility index (Phi) is 3.59. The molecule has 104 valence electrons. The van der Waals surface area contributed by atoms with Crippen LogP contribution in [0.1, 0.15) is 10.4 Å². The number of nitrogens with zero attached hydrogens (tertiary/aromatic N) is 1. The first kappa shape index (κ1) is 13.6. The minimum Gasteiger partial charge on any atom is -0.465 e. The van der Waals surface area contributed by atoms with Crippen LogP contribution in [0.25, 0.3) is 0 Å². The Labute approximate surface area is 109 Å². The second kappa shape index (κ2) is 5.02. The Morgan fingerprint density at radius 3 is 2.53 bits per heavy atom. The molecule has 0 bridgehead atoms. The van der Waals surface area contributed by atoms with Gasteiger partial charge in [-0.3, -0.25) is 0 Å². The van der Waals surface area contributed by atoms with Crippen LogP contribution in [0.4, 0.5) is 15.8 Å². The third kappa shape index (κ3) is 2.47. The molecule has 2 unspecified atom stereocenters. The number of hydrogen-bond donors (Lipinski definition) is 3. The van der Waals surface area contributed by atoms with Gasteiger partial charge in [0.15, 0.2) is 0 Å². The van der Waals surface area contributed by atoms with E-state index in [9.17, 15) is 19.4 Å². The summed E-state index contributed by atoms with van der Waals surface area (Å²) in [6.07, 6.45) is -1.89. The molecule has 0 saturated carbocycles. The van der Waals surface area contributed by atoms with Gasteiger partial charge in [0.2, 0.25) is 0 Å². The van der Waals surface area contributed by atoms with Gasteiger partial charge >= 0.3 is 5.97 Å². The van der Waals surface area contributed by atoms with E-state index in [1.165, 1.54) is 18.1 Å². The number of ether oxygens (including phenoxy) is 1. The molecule has 19 heavy (non-hydrogen) atoms. The second-order valence-electron chi connectivity index (χ2n) is 4.42. The van der Waals surface area contributed by atoms with Crippen molar-refractivity contribution in [2.75, 3.05) is 30.8 Å². The topological polar surface area (TPSA) is 96.0 Å². The van der Waals surface area contributed by atoms with E-state index in [1.54, 1.807) is 0 Å². The summed E-state index contributed by atoms with van der Waals surface area (Å²) in [6, 6.07) is 2.29. The van der Waals surface area contributed by atoms with Gasteiger partial charge in [0.25, 0.3) is 0 Å². The van der Waals surface area contributed by atoms with Crippen molar-refractivity contribution in [1.82, 2.24) is 0 Å². The molecule has 1 aliphatic heterocycles. The Morgan fingerprint density at radius 2 is 2.00 bits per heavy atom. The molecule has 1 heterocycles. The predicted molar refractivity (Wildman–Crippen MR) is 66.4 cm³/mol. The fraction of sp³-hybridized carbons (Fsp3) is 0.417. The van der Waals surface area contributed by atoms with Crippen LogP contribution in [0, 0.1) is 5.82 Å². The van der Waals surface area contributed by atoms with Crippen LogP contribution in [0.2, 0.25) is 0 Å². The number of rotatable bonds is 2. The monoisotopic (exact) mass is 270 g/mol. The molecule has 1 aromatic rings. The van der Waals surface area contributed by atoms with E-state index in [-0.39, 0.29) is 30.0 Å². The Hall–Kier alpha value is -1.86. The lowest BCUT2D eigenvalue weighted by molar-refractivity contribution is 0.0572. The fourth-order valence-electron chi connectivity index (χ4n) is 2.07. The Morgan fingerprint density at radius 1 is 1.42 bits per heavy atom. The maximum Gasteiger partial charge on any atom is 0.340 e. The number of esters is 1. The van der Waals surface area contributed by atoms with Gasteiger partial charge in [-0.15, -0.1) is 0 Å². The number of methoxy groups -OCH3 is 1. The second-order valence-corrected chi connectivity index (χ2v) is 4.42. The summed E-state index contributed by atoms with van der Waals surface area (Å²) in [5.74, 6) is -1.29. The molecule has 1 saturated heterocycles. The molecule has 7 heteroatoms. The molecular weight excluding hydrogens is 255 g/mol. The van der Waals surface area contributed by atoms with Crippen LogP contribution in [0.3, 0.4) is 0 Å². The number of β-amino-alcohol motifs (C(OH)–C–C–N with tert-alkyl or cyclic N) is 2. The van der Waals surface area contributed by atoms with E-state index in [0.717, 1.165) is 6.07 Å². The lowest BCUT2D eigenvalue weighted by atomic mass is 10.1. The number of carbonyl (C=O) groups is 1. The standard InChI is InChI=1S/C12H15FN2O4/c1-19-12(18)6-2-9(7(13)3-8(6)14)15-4-10(16)11(17)5-15/h2-3,10-11,16-17H,4-5,14H2,1H3. The van der Waals surface area contributed by atoms with Crippen LogP contribution in [-0.4, -0.2) is 48.6 Å². The number of nitrogens with two attached hydrogens (primary N) is 1. The van der Waals surface area contributed by atoms with Crippen LogP contribution in [0.5, 0.6) is 0 Å². The van der Waals surface area contributed by atoms with E-state index >= 15 is 0 Å². The summed E-state index contributed by atoms with van der Waals surface area (Å²) in [5.41, 5.74) is 5.69. The van der Waals surface area contributed by atoms with Gasteiger partial charge in [0.05, 0.1) is 30.6 Å². The lowest BCUT2D eigenvalue weighted by Gasteiger charge is -2.19. The molecule has 2 rings (SSSR count). The summed E-state index contributed by atoms with van der Waals surface area (Å²) in [7, 11) is 1.20. The van der Waals surface area contributed by atoms with Crippen molar-refractivity contribution >= 4 is 17.3 Å². The molecule has 6 nitrogen and oxygen atoms in total. The first-order valence-corrected chi connectivity index (χ1v) is 5.72. The molecule has 4 N–H and O–H groups in total. The first-order valence-electron chi connectivity index (χ1n) is 5.72. The average Bonchev–Trinajstić information content (AvgIpc) is 2.68. The van der Waals surface area contributed by atoms with Crippen LogP contribution < -0.4 is 10.6 Å². The summed E-state index contributed by atoms with van der Waals surface area (Å²) in [5, 5.41) is 18.9. The van der Waals surface area contributed by atoms with E-state index in [1.807, 2.05) is 0 Å². The van der Waals surface area contributed by atoms with E-state index < -0.39 is 24.0 Å². The number of benzene rings is 1. The third-order valence-corrected chi connectivity index (χ3v) is 3.12. The zero-order valence-corrected chi connectivity index (χ0v) is 10.3. The van der Waals surface area contributed by atoms with Crippen molar-refractivity contribution in [3.8, 4) is 0 Å². The highest BCUT2D eigenvalue weighted by Gasteiger charge is 2.31.